The molecule has 0 aliphatic heterocycles. The Morgan fingerprint density at radius 1 is 1.08 bits per heavy atom. The summed E-state index contributed by atoms with van der Waals surface area (Å²) in [6, 6.07) is 16.4. The van der Waals surface area contributed by atoms with E-state index in [1.54, 1.807) is 31.2 Å². The van der Waals surface area contributed by atoms with Gasteiger partial charge in [0.25, 0.3) is 0 Å². The number of nitrogens with two attached hydrogens (primary N) is 1. The molecule has 2 aromatic rings. The first-order valence-electron chi connectivity index (χ1n) is 7.80. The number of nitrogens with zero attached hydrogens (tertiary/aromatic N) is 3. The highest BCUT2D eigenvalue weighted by Crippen LogP contribution is 2.07. The molecule has 0 aliphatic carbocycles. The second kappa shape index (κ2) is 9.94. The zero-order valence-corrected chi connectivity index (χ0v) is 14.0. The minimum absolute atomic E-state index is 0.0779. The molecule has 0 aliphatic rings. The molecule has 0 amide bonds. The maximum atomic E-state index is 11.7. The highest BCUT2D eigenvalue weighted by Gasteiger charge is 2.08. The molecule has 25 heavy (non-hydrogen) atoms. The lowest BCUT2D eigenvalue weighted by Gasteiger charge is -2.03. The fraction of sp³-hybridized carbons (Fsp3) is 0.222. The summed E-state index contributed by atoms with van der Waals surface area (Å²) in [5.41, 5.74) is 7.87. The topological polar surface area (TPSA) is 98.6 Å². The number of hydrogen-bond donors (Lipinski definition) is 1. The minimum atomic E-state index is -0.409. The van der Waals surface area contributed by atoms with Gasteiger partial charge in [0.1, 0.15) is 0 Å². The minimum Gasteiger partial charge on any atom is -0.462 e. The SMILES string of the molecule is CCOC(=O)c1cccc(/C(N)=N/N=N/COCc2ccccc2)c1. The van der Waals surface area contributed by atoms with E-state index < -0.39 is 5.97 Å². The van der Waals surface area contributed by atoms with E-state index in [2.05, 4.69) is 15.4 Å². The van der Waals surface area contributed by atoms with Crippen molar-refractivity contribution in [1.82, 2.24) is 0 Å². The normalized spacial score (nSPS) is 11.6. The van der Waals surface area contributed by atoms with Gasteiger partial charge in [0.05, 0.1) is 18.8 Å². The van der Waals surface area contributed by atoms with Crippen LogP contribution >= 0.6 is 0 Å². The van der Waals surface area contributed by atoms with Gasteiger partial charge in [0, 0.05) is 5.56 Å². The van der Waals surface area contributed by atoms with Crippen molar-refractivity contribution < 1.29 is 14.3 Å². The Bertz CT molecular complexity index is 745. The first-order chi connectivity index (χ1) is 12.2. The van der Waals surface area contributed by atoms with Gasteiger partial charge < -0.3 is 15.2 Å². The molecule has 0 saturated carbocycles. The molecule has 130 valence electrons. The predicted octanol–water partition coefficient (Wildman–Crippen LogP) is 3.11. The average molecular weight is 340 g/mol. The van der Waals surface area contributed by atoms with E-state index in [-0.39, 0.29) is 12.6 Å². The van der Waals surface area contributed by atoms with Crippen LogP contribution in [-0.2, 0) is 16.1 Å². The maximum absolute atomic E-state index is 11.7. The van der Waals surface area contributed by atoms with Gasteiger partial charge in [-0.25, -0.2) is 4.79 Å². The van der Waals surface area contributed by atoms with E-state index in [1.165, 1.54) is 0 Å². The van der Waals surface area contributed by atoms with Crippen molar-refractivity contribution in [3.63, 3.8) is 0 Å². The molecule has 0 spiro atoms. The van der Waals surface area contributed by atoms with Crippen molar-refractivity contribution >= 4 is 11.8 Å². The second-order valence-electron chi connectivity index (χ2n) is 4.98. The molecule has 0 fully saturated rings. The van der Waals surface area contributed by atoms with Crippen LogP contribution in [0.15, 0.2) is 70.0 Å². The van der Waals surface area contributed by atoms with Crippen molar-refractivity contribution in [2.45, 2.75) is 13.5 Å². The molecule has 2 rings (SSSR count). The molecule has 7 nitrogen and oxygen atoms in total. The van der Waals surface area contributed by atoms with Crippen LogP contribution in [-0.4, -0.2) is 25.1 Å². The lowest BCUT2D eigenvalue weighted by atomic mass is 10.1. The van der Waals surface area contributed by atoms with Crippen molar-refractivity contribution in [2.24, 2.45) is 21.2 Å². The number of amidine groups is 1. The van der Waals surface area contributed by atoms with Crippen LogP contribution in [0.5, 0.6) is 0 Å². The monoisotopic (exact) mass is 340 g/mol. The molecular formula is C18H20N4O3. The Labute approximate surface area is 146 Å². The Hall–Kier alpha value is -3.06. The van der Waals surface area contributed by atoms with Gasteiger partial charge in [-0.15, -0.1) is 10.2 Å². The lowest BCUT2D eigenvalue weighted by Crippen LogP contribution is -2.14. The molecule has 2 N–H and O–H groups in total. The molecule has 7 heteroatoms. The highest BCUT2D eigenvalue weighted by atomic mass is 16.5. The largest absolute Gasteiger partial charge is 0.462 e. The standard InChI is InChI=1S/C18H20N4O3/c1-2-25-18(23)16-10-6-9-15(11-16)17(19)21-22-20-13-24-12-14-7-4-3-5-8-14/h3-11H,2,12-13H2,1H3,(H2,19,20,21). The van der Waals surface area contributed by atoms with Crippen LogP contribution in [0, 0.1) is 0 Å². The number of rotatable bonds is 8. The molecule has 0 bridgehead atoms. The quantitative estimate of drug-likeness (QED) is 0.199. The summed E-state index contributed by atoms with van der Waals surface area (Å²) in [7, 11) is 0. The molecule has 0 heterocycles. The molecule has 0 unspecified atom stereocenters. The number of carbonyl (C=O) groups excluding carboxylic acids is 1. The summed E-state index contributed by atoms with van der Waals surface area (Å²) in [5, 5.41) is 11.2. The zero-order valence-electron chi connectivity index (χ0n) is 14.0. The van der Waals surface area contributed by atoms with Gasteiger partial charge in [-0.1, -0.05) is 42.5 Å². The van der Waals surface area contributed by atoms with Crippen LogP contribution in [0.4, 0.5) is 0 Å². The van der Waals surface area contributed by atoms with Gasteiger partial charge in [-0.05, 0) is 29.8 Å². The fourth-order valence-electron chi connectivity index (χ4n) is 1.96. The highest BCUT2D eigenvalue weighted by molar-refractivity contribution is 6.00. The third-order valence-electron chi connectivity index (χ3n) is 3.15. The van der Waals surface area contributed by atoms with Gasteiger partial charge >= 0.3 is 5.97 Å². The van der Waals surface area contributed by atoms with E-state index >= 15 is 0 Å². The van der Waals surface area contributed by atoms with Gasteiger partial charge in [-0.3, -0.25) is 0 Å². The number of ether oxygens (including phenoxy) is 2. The Balaban J connectivity index is 1.86. The van der Waals surface area contributed by atoms with Crippen molar-refractivity contribution in [3.05, 3.63) is 71.3 Å². The molecule has 0 radical (unpaired) electrons. The Kier molecular flexibility index (Phi) is 7.27. The zero-order chi connectivity index (χ0) is 17.9. The van der Waals surface area contributed by atoms with E-state index in [4.69, 9.17) is 15.2 Å². The number of esters is 1. The van der Waals surface area contributed by atoms with Gasteiger partial charge in [-0.2, -0.15) is 0 Å². The van der Waals surface area contributed by atoms with Gasteiger partial charge in [0.2, 0.25) is 0 Å². The number of hydrogen-bond acceptors (Lipinski definition) is 5. The average Bonchev–Trinajstić information content (AvgIpc) is 2.65. The molecular weight excluding hydrogens is 320 g/mol. The van der Waals surface area contributed by atoms with Crippen LogP contribution in [0.25, 0.3) is 0 Å². The lowest BCUT2D eigenvalue weighted by molar-refractivity contribution is 0.0526. The Morgan fingerprint density at radius 3 is 2.60 bits per heavy atom. The van der Waals surface area contributed by atoms with Crippen LogP contribution < -0.4 is 5.73 Å². The van der Waals surface area contributed by atoms with Crippen LogP contribution in [0.3, 0.4) is 0 Å². The van der Waals surface area contributed by atoms with E-state index in [1.807, 2.05) is 30.3 Å². The number of carbonyl (C=O) groups is 1. The van der Waals surface area contributed by atoms with E-state index in [0.717, 1.165) is 5.56 Å². The summed E-state index contributed by atoms with van der Waals surface area (Å²) in [6.45, 7) is 2.58. The van der Waals surface area contributed by atoms with E-state index in [9.17, 15) is 4.79 Å². The summed E-state index contributed by atoms with van der Waals surface area (Å²) < 4.78 is 10.3. The third kappa shape index (κ3) is 6.15. The first-order valence-corrected chi connectivity index (χ1v) is 7.80. The van der Waals surface area contributed by atoms with Crippen LogP contribution in [0.1, 0.15) is 28.4 Å². The molecule has 0 saturated heterocycles. The molecule has 0 aromatic heterocycles. The summed E-state index contributed by atoms with van der Waals surface area (Å²) in [5.74, 6) is -0.258. The summed E-state index contributed by atoms with van der Waals surface area (Å²) >= 11 is 0. The third-order valence-corrected chi connectivity index (χ3v) is 3.15. The molecule has 2 aromatic carbocycles. The van der Waals surface area contributed by atoms with E-state index in [0.29, 0.717) is 24.3 Å². The van der Waals surface area contributed by atoms with Crippen molar-refractivity contribution in [2.75, 3.05) is 13.3 Å². The number of benzene rings is 2. The summed E-state index contributed by atoms with van der Waals surface area (Å²) in [6.07, 6.45) is 0. The maximum Gasteiger partial charge on any atom is 0.338 e. The van der Waals surface area contributed by atoms with Crippen molar-refractivity contribution in [1.29, 1.82) is 0 Å². The summed E-state index contributed by atoms with van der Waals surface area (Å²) in [4.78, 5) is 11.7. The fourth-order valence-corrected chi connectivity index (χ4v) is 1.96. The molecule has 0 atom stereocenters. The van der Waals surface area contributed by atoms with Crippen LogP contribution in [0.2, 0.25) is 0 Å². The Morgan fingerprint density at radius 2 is 1.84 bits per heavy atom. The smallest absolute Gasteiger partial charge is 0.338 e. The predicted molar refractivity (Wildman–Crippen MR) is 94.1 cm³/mol. The second-order valence-corrected chi connectivity index (χ2v) is 4.98. The van der Waals surface area contributed by atoms with Gasteiger partial charge in [0.15, 0.2) is 12.6 Å². The first kappa shape index (κ1) is 18.3. The van der Waals surface area contributed by atoms with Crippen molar-refractivity contribution in [3.8, 4) is 0 Å².